The molecule has 135 valence electrons. The van der Waals surface area contributed by atoms with Gasteiger partial charge in [0, 0.05) is 11.8 Å². The van der Waals surface area contributed by atoms with Crippen molar-refractivity contribution in [1.82, 2.24) is 25.7 Å². The molecule has 0 saturated heterocycles. The Morgan fingerprint density at radius 3 is 2.44 bits per heavy atom. The van der Waals surface area contributed by atoms with Gasteiger partial charge in [-0.3, -0.25) is 5.73 Å². The van der Waals surface area contributed by atoms with Gasteiger partial charge in [-0.05, 0) is 30.7 Å². The number of fused-ring (bicyclic) bond motifs is 1. The average Bonchev–Trinajstić information content (AvgIpc) is 3.07. The lowest BCUT2D eigenvalue weighted by Gasteiger charge is -2.05. The molecule has 0 aliphatic rings. The smallest absolute Gasteiger partial charge is 0.175 e. The second-order valence-corrected chi connectivity index (χ2v) is 8.32. The van der Waals surface area contributed by atoms with Crippen LogP contribution in [0.15, 0.2) is 53.6 Å². The highest BCUT2D eigenvalue weighted by Gasteiger charge is 2.15. The van der Waals surface area contributed by atoms with Crippen molar-refractivity contribution in [3.05, 3.63) is 54.2 Å². The van der Waals surface area contributed by atoms with Crippen LogP contribution < -0.4 is 5.73 Å². The predicted molar refractivity (Wildman–Crippen MR) is 103 cm³/mol. The van der Waals surface area contributed by atoms with E-state index in [2.05, 4.69) is 19.9 Å². The summed E-state index contributed by atoms with van der Waals surface area (Å²) in [6.45, 7) is 1.97. The Bertz CT molecular complexity index is 1260. The molecular formula is C19H16N5O2S. The molecule has 4 aromatic rings. The number of H-pyrrole nitrogens is 1. The third kappa shape index (κ3) is 3.15. The van der Waals surface area contributed by atoms with Gasteiger partial charge < -0.3 is 4.98 Å². The number of aryl methyl sites for hydroxylation is 1. The molecule has 0 fully saturated rings. The first-order valence-corrected chi connectivity index (χ1v) is 10.1. The predicted octanol–water partition coefficient (Wildman–Crippen LogP) is 3.31. The fraction of sp³-hybridized carbons (Fsp3) is 0.105. The van der Waals surface area contributed by atoms with Crippen LogP contribution in [0.4, 0.5) is 5.82 Å². The van der Waals surface area contributed by atoms with Crippen molar-refractivity contribution >= 4 is 26.7 Å². The first kappa shape index (κ1) is 17.2. The van der Waals surface area contributed by atoms with Gasteiger partial charge in [0.05, 0.1) is 27.8 Å². The minimum absolute atomic E-state index is 0.0169. The van der Waals surface area contributed by atoms with E-state index in [-0.39, 0.29) is 10.7 Å². The van der Waals surface area contributed by atoms with Crippen molar-refractivity contribution in [3.8, 4) is 22.8 Å². The SMILES string of the molecule is Cc1cccc2[nH]c(-c3nc(-c4ccc(S(C)(=O)=O)cc4)cnc3[NH])nc12. The van der Waals surface area contributed by atoms with Gasteiger partial charge in [0.15, 0.2) is 27.2 Å². The van der Waals surface area contributed by atoms with Gasteiger partial charge in [-0.15, -0.1) is 0 Å². The second kappa shape index (κ2) is 6.17. The molecule has 0 aliphatic carbocycles. The minimum Gasteiger partial charge on any atom is -0.337 e. The highest BCUT2D eigenvalue weighted by Crippen LogP contribution is 2.28. The monoisotopic (exact) mass is 378 g/mol. The molecule has 0 spiro atoms. The van der Waals surface area contributed by atoms with Crippen LogP contribution in [0.25, 0.3) is 33.8 Å². The van der Waals surface area contributed by atoms with E-state index in [1.165, 1.54) is 24.6 Å². The highest BCUT2D eigenvalue weighted by molar-refractivity contribution is 7.90. The van der Waals surface area contributed by atoms with Gasteiger partial charge in [-0.25, -0.2) is 23.4 Å². The normalized spacial score (nSPS) is 11.8. The molecule has 0 amide bonds. The summed E-state index contributed by atoms with van der Waals surface area (Å²) in [4.78, 5) is 16.7. The van der Waals surface area contributed by atoms with E-state index < -0.39 is 9.84 Å². The maximum absolute atomic E-state index is 11.6. The van der Waals surface area contributed by atoms with Crippen LogP contribution in [0.3, 0.4) is 0 Å². The standard InChI is InChI=1S/C19H16N5O2S/c1-11-4-3-5-14-16(11)24-19(23-14)17-18(20)21-10-15(22-17)12-6-8-13(9-7-12)27(2,25)26/h3-10,20H,1-2H3,(H,23,24). The molecule has 0 unspecified atom stereocenters. The van der Waals surface area contributed by atoms with Crippen LogP contribution in [-0.2, 0) is 9.84 Å². The Kier molecular flexibility index (Phi) is 3.92. The molecule has 2 heterocycles. The van der Waals surface area contributed by atoms with Crippen molar-refractivity contribution in [2.75, 3.05) is 6.26 Å². The van der Waals surface area contributed by atoms with Gasteiger partial charge in [-0.1, -0.05) is 24.3 Å². The van der Waals surface area contributed by atoms with Gasteiger partial charge in [0.25, 0.3) is 0 Å². The lowest BCUT2D eigenvalue weighted by molar-refractivity contribution is 0.602. The summed E-state index contributed by atoms with van der Waals surface area (Å²) in [6, 6.07) is 12.2. The summed E-state index contributed by atoms with van der Waals surface area (Å²) < 4.78 is 23.2. The average molecular weight is 378 g/mol. The molecule has 4 rings (SSSR count). The number of nitrogens with one attached hydrogen (secondary N) is 2. The van der Waals surface area contributed by atoms with E-state index in [1.54, 1.807) is 12.1 Å². The van der Waals surface area contributed by atoms with Gasteiger partial charge in [0.2, 0.25) is 0 Å². The Morgan fingerprint density at radius 2 is 1.78 bits per heavy atom. The Morgan fingerprint density at radius 1 is 1.04 bits per heavy atom. The maximum Gasteiger partial charge on any atom is 0.175 e. The molecule has 2 aromatic carbocycles. The number of hydrogen-bond acceptors (Lipinski definition) is 5. The largest absolute Gasteiger partial charge is 0.337 e. The van der Waals surface area contributed by atoms with Crippen molar-refractivity contribution in [1.29, 1.82) is 0 Å². The summed E-state index contributed by atoms with van der Waals surface area (Å²) in [7, 11) is -3.26. The van der Waals surface area contributed by atoms with E-state index in [9.17, 15) is 8.42 Å². The van der Waals surface area contributed by atoms with E-state index in [0.29, 0.717) is 22.8 Å². The number of imidazole rings is 1. The van der Waals surface area contributed by atoms with Gasteiger partial charge >= 0.3 is 0 Å². The fourth-order valence-corrected chi connectivity index (χ4v) is 3.48. The fourth-order valence-electron chi connectivity index (χ4n) is 2.85. The van der Waals surface area contributed by atoms with E-state index >= 15 is 0 Å². The quantitative estimate of drug-likeness (QED) is 0.588. The molecule has 7 nitrogen and oxygen atoms in total. The molecule has 0 bridgehead atoms. The third-order valence-corrected chi connectivity index (χ3v) is 5.42. The third-order valence-electron chi connectivity index (χ3n) is 4.29. The van der Waals surface area contributed by atoms with Crippen LogP contribution in [0, 0.1) is 6.92 Å². The van der Waals surface area contributed by atoms with E-state index in [0.717, 1.165) is 16.6 Å². The van der Waals surface area contributed by atoms with Crippen molar-refractivity contribution in [3.63, 3.8) is 0 Å². The van der Waals surface area contributed by atoms with Crippen LogP contribution in [0.5, 0.6) is 0 Å². The molecule has 0 saturated carbocycles. The maximum atomic E-state index is 11.6. The lowest BCUT2D eigenvalue weighted by atomic mass is 10.1. The highest BCUT2D eigenvalue weighted by atomic mass is 32.2. The number of aromatic amines is 1. The van der Waals surface area contributed by atoms with Gasteiger partial charge in [-0.2, -0.15) is 0 Å². The summed E-state index contributed by atoms with van der Waals surface area (Å²) in [5.41, 5.74) is 12.4. The number of hydrogen-bond donors (Lipinski definition) is 1. The van der Waals surface area contributed by atoms with Crippen LogP contribution in [-0.4, -0.2) is 34.6 Å². The zero-order valence-electron chi connectivity index (χ0n) is 14.7. The van der Waals surface area contributed by atoms with E-state index in [4.69, 9.17) is 5.73 Å². The van der Waals surface area contributed by atoms with Gasteiger partial charge in [0.1, 0.15) is 0 Å². The molecule has 0 aliphatic heterocycles. The van der Waals surface area contributed by atoms with E-state index in [1.807, 2.05) is 25.1 Å². The Hall–Kier alpha value is -3.26. The number of nitrogens with zero attached hydrogens (tertiary/aromatic N) is 3. The zero-order valence-corrected chi connectivity index (χ0v) is 15.5. The molecule has 2 aromatic heterocycles. The van der Waals surface area contributed by atoms with Crippen molar-refractivity contribution < 1.29 is 8.42 Å². The summed E-state index contributed by atoms with van der Waals surface area (Å²) >= 11 is 0. The topological polar surface area (TPSA) is 112 Å². The van der Waals surface area contributed by atoms with Crippen LogP contribution in [0.1, 0.15) is 5.56 Å². The molecule has 8 heteroatoms. The number of rotatable bonds is 3. The summed E-state index contributed by atoms with van der Waals surface area (Å²) in [6.07, 6.45) is 2.66. The first-order valence-electron chi connectivity index (χ1n) is 8.18. The second-order valence-electron chi connectivity index (χ2n) is 6.31. The number of benzene rings is 2. The first-order chi connectivity index (χ1) is 12.8. The van der Waals surface area contributed by atoms with Crippen LogP contribution >= 0.6 is 0 Å². The molecule has 1 radical (unpaired) electrons. The van der Waals surface area contributed by atoms with Crippen molar-refractivity contribution in [2.24, 2.45) is 0 Å². The lowest BCUT2D eigenvalue weighted by Crippen LogP contribution is -1.97. The van der Waals surface area contributed by atoms with Crippen molar-refractivity contribution in [2.45, 2.75) is 11.8 Å². The number of sulfone groups is 1. The molecular weight excluding hydrogens is 362 g/mol. The molecule has 27 heavy (non-hydrogen) atoms. The Balaban J connectivity index is 1.80. The Labute approximate surface area is 156 Å². The van der Waals surface area contributed by atoms with Crippen LogP contribution in [0.2, 0.25) is 0 Å². The summed E-state index contributed by atoms with van der Waals surface area (Å²) in [5.74, 6) is 0.495. The number of para-hydroxylation sites is 1. The molecule has 2 N–H and O–H groups in total. The minimum atomic E-state index is -3.26. The summed E-state index contributed by atoms with van der Waals surface area (Å²) in [5, 5.41) is 0. The molecule has 0 atom stereocenters. The zero-order chi connectivity index (χ0) is 19.2. The number of aromatic nitrogens is 4.